The summed E-state index contributed by atoms with van der Waals surface area (Å²) < 4.78 is 0. The summed E-state index contributed by atoms with van der Waals surface area (Å²) in [5, 5.41) is 0. The van der Waals surface area contributed by atoms with Crippen LogP contribution in [0.2, 0.25) is 0 Å². The van der Waals surface area contributed by atoms with Gasteiger partial charge < -0.3 is 4.90 Å². The Kier molecular flexibility index (Phi) is 3.19. The first-order chi connectivity index (χ1) is 7.72. The highest BCUT2D eigenvalue weighted by Gasteiger charge is 2.18. The third-order valence-electron chi connectivity index (χ3n) is 3.49. The van der Waals surface area contributed by atoms with E-state index in [0.717, 1.165) is 24.6 Å². The summed E-state index contributed by atoms with van der Waals surface area (Å²) >= 11 is 0. The molecule has 2 rings (SSSR count). The molecule has 0 spiro atoms. The lowest BCUT2D eigenvalue weighted by molar-refractivity contribution is 0.438. The van der Waals surface area contributed by atoms with Gasteiger partial charge in [-0.2, -0.15) is 0 Å². The van der Waals surface area contributed by atoms with Gasteiger partial charge in [0.25, 0.3) is 0 Å². The monoisotopic (exact) mass is 213 g/mol. The summed E-state index contributed by atoms with van der Waals surface area (Å²) in [5.74, 6) is 3.66. The number of para-hydroxylation sites is 1. The molecule has 0 aliphatic carbocycles. The maximum Gasteiger partial charge on any atom is 0.0554 e. The molecule has 1 aromatic rings. The Hall–Kier alpha value is -1.42. The van der Waals surface area contributed by atoms with Crippen LogP contribution in [0.4, 0.5) is 5.69 Å². The van der Waals surface area contributed by atoms with Crippen LogP contribution in [-0.4, -0.2) is 13.1 Å². The van der Waals surface area contributed by atoms with Crippen molar-refractivity contribution in [2.75, 3.05) is 18.0 Å². The highest BCUT2D eigenvalue weighted by molar-refractivity contribution is 5.64. The van der Waals surface area contributed by atoms with Crippen molar-refractivity contribution in [2.45, 2.75) is 26.7 Å². The standard InChI is InChI=1S/C15H19N/c1-4-14-7-5-6-13(3)15(14)16-10-8-12(2)9-11-16/h1,5-7,12H,8-11H2,2-3H3. The van der Waals surface area contributed by atoms with Crippen molar-refractivity contribution >= 4 is 5.69 Å². The quantitative estimate of drug-likeness (QED) is 0.647. The van der Waals surface area contributed by atoms with Crippen molar-refractivity contribution in [1.82, 2.24) is 0 Å². The van der Waals surface area contributed by atoms with Crippen LogP contribution in [-0.2, 0) is 0 Å². The average Bonchev–Trinajstić information content (AvgIpc) is 2.30. The smallest absolute Gasteiger partial charge is 0.0554 e. The van der Waals surface area contributed by atoms with Crippen LogP contribution < -0.4 is 4.90 Å². The van der Waals surface area contributed by atoms with Crippen LogP contribution in [0.15, 0.2) is 18.2 Å². The molecule has 1 fully saturated rings. The zero-order valence-electron chi connectivity index (χ0n) is 10.2. The lowest BCUT2D eigenvalue weighted by Gasteiger charge is -2.33. The zero-order chi connectivity index (χ0) is 11.5. The maximum absolute atomic E-state index is 5.58. The second-order valence-electron chi connectivity index (χ2n) is 4.78. The molecule has 1 aliphatic heterocycles. The molecule has 1 heteroatoms. The SMILES string of the molecule is C#Cc1cccc(C)c1N1CCC(C)CC1. The molecule has 0 bridgehead atoms. The number of anilines is 1. The summed E-state index contributed by atoms with van der Waals surface area (Å²) in [7, 11) is 0. The molecule has 1 heterocycles. The summed E-state index contributed by atoms with van der Waals surface area (Å²) in [4.78, 5) is 2.45. The van der Waals surface area contributed by atoms with E-state index in [1.807, 2.05) is 12.1 Å². The Morgan fingerprint density at radius 3 is 2.62 bits per heavy atom. The van der Waals surface area contributed by atoms with E-state index in [-0.39, 0.29) is 0 Å². The molecule has 84 valence electrons. The van der Waals surface area contributed by atoms with Gasteiger partial charge in [0.05, 0.1) is 5.69 Å². The summed E-state index contributed by atoms with van der Waals surface area (Å²) in [5.41, 5.74) is 3.61. The van der Waals surface area contributed by atoms with Crippen LogP contribution in [0.1, 0.15) is 30.9 Å². The van der Waals surface area contributed by atoms with E-state index in [2.05, 4.69) is 30.7 Å². The van der Waals surface area contributed by atoms with Gasteiger partial charge in [-0.05, 0) is 37.3 Å². The van der Waals surface area contributed by atoms with Gasteiger partial charge in [0, 0.05) is 18.7 Å². The maximum atomic E-state index is 5.58. The van der Waals surface area contributed by atoms with Crippen molar-refractivity contribution in [3.05, 3.63) is 29.3 Å². The largest absolute Gasteiger partial charge is 0.370 e. The molecular formula is C15H19N. The molecule has 0 radical (unpaired) electrons. The zero-order valence-corrected chi connectivity index (χ0v) is 10.2. The Bertz CT molecular complexity index is 406. The minimum absolute atomic E-state index is 0.856. The molecule has 0 saturated carbocycles. The van der Waals surface area contributed by atoms with Gasteiger partial charge in [0.15, 0.2) is 0 Å². The molecule has 0 unspecified atom stereocenters. The van der Waals surface area contributed by atoms with Gasteiger partial charge in [-0.25, -0.2) is 0 Å². The van der Waals surface area contributed by atoms with E-state index in [1.54, 1.807) is 0 Å². The van der Waals surface area contributed by atoms with Crippen LogP contribution in [0.3, 0.4) is 0 Å². The molecule has 1 aromatic carbocycles. The predicted molar refractivity (Wildman–Crippen MR) is 69.7 cm³/mol. The average molecular weight is 213 g/mol. The second-order valence-corrected chi connectivity index (χ2v) is 4.78. The molecule has 1 aliphatic rings. The molecule has 16 heavy (non-hydrogen) atoms. The van der Waals surface area contributed by atoms with Crippen LogP contribution in [0.5, 0.6) is 0 Å². The third kappa shape index (κ3) is 2.07. The van der Waals surface area contributed by atoms with Crippen molar-refractivity contribution in [3.8, 4) is 12.3 Å². The number of terminal acetylenes is 1. The predicted octanol–water partition coefficient (Wildman–Crippen LogP) is 3.21. The van der Waals surface area contributed by atoms with E-state index in [9.17, 15) is 0 Å². The molecule has 1 saturated heterocycles. The van der Waals surface area contributed by atoms with Crippen LogP contribution >= 0.6 is 0 Å². The Labute approximate surface area is 98.5 Å². The number of benzene rings is 1. The lowest BCUT2D eigenvalue weighted by Crippen LogP contribution is -2.33. The molecule has 0 amide bonds. The van der Waals surface area contributed by atoms with E-state index >= 15 is 0 Å². The summed E-state index contributed by atoms with van der Waals surface area (Å²) in [6, 6.07) is 6.23. The van der Waals surface area contributed by atoms with Gasteiger partial charge in [-0.15, -0.1) is 6.42 Å². The number of hydrogen-bond donors (Lipinski definition) is 0. The lowest BCUT2D eigenvalue weighted by atomic mass is 9.97. The molecule has 0 aromatic heterocycles. The molecule has 0 atom stereocenters. The fourth-order valence-corrected chi connectivity index (χ4v) is 2.43. The number of nitrogens with zero attached hydrogens (tertiary/aromatic N) is 1. The Balaban J connectivity index is 2.30. The summed E-state index contributed by atoms with van der Waals surface area (Å²) in [6.45, 7) is 6.76. The van der Waals surface area contributed by atoms with Crippen molar-refractivity contribution < 1.29 is 0 Å². The molecular weight excluding hydrogens is 194 g/mol. The topological polar surface area (TPSA) is 3.24 Å². The number of rotatable bonds is 1. The summed E-state index contributed by atoms with van der Waals surface area (Å²) in [6.07, 6.45) is 8.13. The Morgan fingerprint density at radius 1 is 1.31 bits per heavy atom. The van der Waals surface area contributed by atoms with E-state index in [0.29, 0.717) is 0 Å². The first kappa shape index (κ1) is 11.1. The highest BCUT2D eigenvalue weighted by Crippen LogP contribution is 2.28. The van der Waals surface area contributed by atoms with Crippen molar-refractivity contribution in [1.29, 1.82) is 0 Å². The van der Waals surface area contributed by atoms with E-state index in [1.165, 1.54) is 24.1 Å². The third-order valence-corrected chi connectivity index (χ3v) is 3.49. The first-order valence-electron chi connectivity index (χ1n) is 6.03. The molecule has 0 N–H and O–H groups in total. The van der Waals surface area contributed by atoms with Gasteiger partial charge >= 0.3 is 0 Å². The van der Waals surface area contributed by atoms with Crippen LogP contribution in [0, 0.1) is 25.2 Å². The van der Waals surface area contributed by atoms with E-state index < -0.39 is 0 Å². The number of hydrogen-bond acceptors (Lipinski definition) is 1. The van der Waals surface area contributed by atoms with Crippen LogP contribution in [0.25, 0.3) is 0 Å². The molecule has 1 nitrogen and oxygen atoms in total. The normalized spacial score (nSPS) is 17.2. The highest BCUT2D eigenvalue weighted by atomic mass is 15.1. The first-order valence-corrected chi connectivity index (χ1v) is 6.03. The fourth-order valence-electron chi connectivity index (χ4n) is 2.43. The van der Waals surface area contributed by atoms with Crippen molar-refractivity contribution in [3.63, 3.8) is 0 Å². The fraction of sp³-hybridized carbons (Fsp3) is 0.467. The van der Waals surface area contributed by atoms with Gasteiger partial charge in [-0.3, -0.25) is 0 Å². The van der Waals surface area contributed by atoms with Gasteiger partial charge in [0.2, 0.25) is 0 Å². The van der Waals surface area contributed by atoms with Crippen molar-refractivity contribution in [2.24, 2.45) is 5.92 Å². The Morgan fingerprint density at radius 2 is 2.00 bits per heavy atom. The van der Waals surface area contributed by atoms with E-state index in [4.69, 9.17) is 6.42 Å². The number of aryl methyl sites for hydroxylation is 1. The van der Waals surface area contributed by atoms with Gasteiger partial charge in [-0.1, -0.05) is 25.0 Å². The second kappa shape index (κ2) is 4.61. The van der Waals surface area contributed by atoms with Gasteiger partial charge in [0.1, 0.15) is 0 Å². The minimum atomic E-state index is 0.856. The number of piperidine rings is 1. The minimum Gasteiger partial charge on any atom is -0.370 e.